The van der Waals surface area contributed by atoms with Crippen molar-refractivity contribution in [2.45, 2.75) is 25.0 Å². The zero-order valence-corrected chi connectivity index (χ0v) is 8.41. The third-order valence-electron chi connectivity index (χ3n) is 2.64. The number of carbonyl (C=O) groups is 1. The molecule has 0 spiro atoms. The predicted molar refractivity (Wildman–Crippen MR) is 52.9 cm³/mol. The monoisotopic (exact) mass is 227 g/mol. The maximum absolute atomic E-state index is 13.2. The van der Waals surface area contributed by atoms with Crippen LogP contribution >= 0.6 is 0 Å². The summed E-state index contributed by atoms with van der Waals surface area (Å²) in [4.78, 5) is 11.5. The number of rotatable bonds is 2. The Morgan fingerprint density at radius 3 is 2.38 bits per heavy atom. The van der Waals surface area contributed by atoms with E-state index in [0.29, 0.717) is 12.8 Å². The summed E-state index contributed by atoms with van der Waals surface area (Å²) in [6.07, 6.45) is 0.444. The van der Waals surface area contributed by atoms with E-state index in [0.717, 1.165) is 12.1 Å². The van der Waals surface area contributed by atoms with E-state index in [2.05, 4.69) is 5.32 Å². The number of nitrogens with one attached hydrogen (secondary N) is 1. The maximum Gasteiger partial charge on any atom is 0.257 e. The van der Waals surface area contributed by atoms with E-state index in [9.17, 15) is 13.6 Å². The molecule has 1 aromatic rings. The van der Waals surface area contributed by atoms with E-state index in [-0.39, 0.29) is 6.04 Å². The molecule has 1 saturated carbocycles. The van der Waals surface area contributed by atoms with Crippen LogP contribution in [-0.4, -0.2) is 23.2 Å². The second-order valence-corrected chi connectivity index (χ2v) is 3.89. The van der Waals surface area contributed by atoms with Gasteiger partial charge in [-0.1, -0.05) is 6.07 Å². The standard InChI is InChI=1S/C11H11F2NO2/c12-8-2-1-3-9(13)10(8)11(16)14-6-4-7(15)5-6/h1-3,6-7,15H,4-5H2,(H,14,16). The minimum Gasteiger partial charge on any atom is -0.393 e. The molecule has 3 nitrogen and oxygen atoms in total. The van der Waals surface area contributed by atoms with Crippen LogP contribution in [0.2, 0.25) is 0 Å². The zero-order chi connectivity index (χ0) is 11.7. The molecule has 16 heavy (non-hydrogen) atoms. The van der Waals surface area contributed by atoms with Crippen molar-refractivity contribution >= 4 is 5.91 Å². The first-order valence-electron chi connectivity index (χ1n) is 5.01. The van der Waals surface area contributed by atoms with Crippen LogP contribution in [0.4, 0.5) is 8.78 Å². The Balaban J connectivity index is 2.09. The Morgan fingerprint density at radius 2 is 1.88 bits per heavy atom. The molecule has 0 bridgehead atoms. The molecule has 1 aliphatic carbocycles. The Morgan fingerprint density at radius 1 is 1.31 bits per heavy atom. The lowest BCUT2D eigenvalue weighted by Crippen LogP contribution is -2.47. The second kappa shape index (κ2) is 4.17. The van der Waals surface area contributed by atoms with Gasteiger partial charge in [0.15, 0.2) is 0 Å². The normalized spacial score (nSPS) is 23.7. The molecule has 5 heteroatoms. The molecular weight excluding hydrogens is 216 g/mol. The van der Waals surface area contributed by atoms with Gasteiger partial charge in [-0.2, -0.15) is 0 Å². The molecule has 0 atom stereocenters. The Kier molecular flexibility index (Phi) is 2.87. The first kappa shape index (κ1) is 11.0. The highest BCUT2D eigenvalue weighted by Crippen LogP contribution is 2.20. The van der Waals surface area contributed by atoms with E-state index < -0.39 is 29.2 Å². The van der Waals surface area contributed by atoms with Crippen LogP contribution in [0, 0.1) is 11.6 Å². The quantitative estimate of drug-likeness (QED) is 0.798. The fourth-order valence-electron chi connectivity index (χ4n) is 1.68. The third kappa shape index (κ3) is 2.04. The summed E-state index contributed by atoms with van der Waals surface area (Å²) in [6, 6.07) is 3.08. The molecule has 0 aliphatic heterocycles. The number of halogens is 2. The number of benzene rings is 1. The van der Waals surface area contributed by atoms with Gasteiger partial charge in [0.25, 0.3) is 5.91 Å². The summed E-state index contributed by atoms with van der Waals surface area (Å²) >= 11 is 0. The van der Waals surface area contributed by atoms with Gasteiger partial charge in [0.1, 0.15) is 17.2 Å². The van der Waals surface area contributed by atoms with Crippen LogP contribution in [-0.2, 0) is 0 Å². The van der Waals surface area contributed by atoms with Crippen molar-refractivity contribution in [2.75, 3.05) is 0 Å². The summed E-state index contributed by atoms with van der Waals surface area (Å²) in [7, 11) is 0. The van der Waals surface area contributed by atoms with Crippen LogP contribution in [0.25, 0.3) is 0 Å². The van der Waals surface area contributed by atoms with Crippen molar-refractivity contribution in [1.82, 2.24) is 5.32 Å². The van der Waals surface area contributed by atoms with Gasteiger partial charge in [0.05, 0.1) is 6.10 Å². The van der Waals surface area contributed by atoms with Gasteiger partial charge in [-0.05, 0) is 25.0 Å². The van der Waals surface area contributed by atoms with Crippen molar-refractivity contribution in [3.63, 3.8) is 0 Å². The average molecular weight is 227 g/mol. The molecule has 2 rings (SSSR count). The Hall–Kier alpha value is -1.49. The van der Waals surface area contributed by atoms with Crippen molar-refractivity contribution in [3.8, 4) is 0 Å². The lowest BCUT2D eigenvalue weighted by Gasteiger charge is -2.31. The molecule has 1 aliphatic rings. The van der Waals surface area contributed by atoms with Crippen molar-refractivity contribution in [3.05, 3.63) is 35.4 Å². The molecule has 0 saturated heterocycles. The van der Waals surface area contributed by atoms with Crippen molar-refractivity contribution < 1.29 is 18.7 Å². The van der Waals surface area contributed by atoms with Gasteiger partial charge >= 0.3 is 0 Å². The topological polar surface area (TPSA) is 49.3 Å². The summed E-state index contributed by atoms with van der Waals surface area (Å²) in [5, 5.41) is 11.5. The highest BCUT2D eigenvalue weighted by molar-refractivity contribution is 5.95. The van der Waals surface area contributed by atoms with Gasteiger partial charge in [-0.25, -0.2) is 8.78 Å². The lowest BCUT2D eigenvalue weighted by molar-refractivity contribution is 0.0559. The van der Waals surface area contributed by atoms with Gasteiger partial charge in [0, 0.05) is 6.04 Å². The second-order valence-electron chi connectivity index (χ2n) is 3.89. The largest absolute Gasteiger partial charge is 0.393 e. The minimum atomic E-state index is -0.877. The van der Waals surface area contributed by atoms with Crippen LogP contribution in [0.15, 0.2) is 18.2 Å². The van der Waals surface area contributed by atoms with E-state index in [4.69, 9.17) is 5.11 Å². The van der Waals surface area contributed by atoms with Crippen LogP contribution in [0.1, 0.15) is 23.2 Å². The van der Waals surface area contributed by atoms with Crippen molar-refractivity contribution in [2.24, 2.45) is 0 Å². The Labute approximate surface area is 91.1 Å². The molecule has 0 aromatic heterocycles. The van der Waals surface area contributed by atoms with Gasteiger partial charge < -0.3 is 10.4 Å². The van der Waals surface area contributed by atoms with E-state index >= 15 is 0 Å². The highest BCUT2D eigenvalue weighted by Gasteiger charge is 2.30. The zero-order valence-electron chi connectivity index (χ0n) is 8.41. The SMILES string of the molecule is O=C(NC1CC(O)C1)c1c(F)cccc1F. The van der Waals surface area contributed by atoms with E-state index in [1.165, 1.54) is 6.07 Å². The first-order valence-corrected chi connectivity index (χ1v) is 5.01. The molecule has 1 amide bonds. The molecule has 1 aromatic carbocycles. The van der Waals surface area contributed by atoms with Crippen LogP contribution < -0.4 is 5.32 Å². The molecular formula is C11H11F2NO2. The summed E-state index contributed by atoms with van der Waals surface area (Å²) in [5.41, 5.74) is -0.566. The number of hydrogen-bond acceptors (Lipinski definition) is 2. The smallest absolute Gasteiger partial charge is 0.257 e. The molecule has 86 valence electrons. The number of amides is 1. The first-order chi connectivity index (χ1) is 7.58. The fourth-order valence-corrected chi connectivity index (χ4v) is 1.68. The third-order valence-corrected chi connectivity index (χ3v) is 2.64. The number of aliphatic hydroxyl groups is 1. The number of hydrogen-bond donors (Lipinski definition) is 2. The van der Waals surface area contributed by atoms with Gasteiger partial charge in [0.2, 0.25) is 0 Å². The van der Waals surface area contributed by atoms with Gasteiger partial charge in [-0.15, -0.1) is 0 Å². The highest BCUT2D eigenvalue weighted by atomic mass is 19.1. The molecule has 0 radical (unpaired) electrons. The number of aliphatic hydroxyl groups excluding tert-OH is 1. The lowest BCUT2D eigenvalue weighted by atomic mass is 9.89. The molecule has 2 N–H and O–H groups in total. The number of carbonyl (C=O) groups excluding carboxylic acids is 1. The van der Waals surface area contributed by atoms with Gasteiger partial charge in [-0.3, -0.25) is 4.79 Å². The predicted octanol–water partition coefficient (Wildman–Crippen LogP) is 1.22. The van der Waals surface area contributed by atoms with Crippen molar-refractivity contribution in [1.29, 1.82) is 0 Å². The Bertz CT molecular complexity index is 396. The molecule has 0 heterocycles. The fraction of sp³-hybridized carbons (Fsp3) is 0.364. The molecule has 1 fully saturated rings. The molecule has 0 unspecified atom stereocenters. The van der Waals surface area contributed by atoms with Crippen LogP contribution in [0.3, 0.4) is 0 Å². The summed E-state index contributed by atoms with van der Waals surface area (Å²) < 4.78 is 26.4. The van der Waals surface area contributed by atoms with E-state index in [1.807, 2.05) is 0 Å². The van der Waals surface area contributed by atoms with E-state index in [1.54, 1.807) is 0 Å². The van der Waals surface area contributed by atoms with Crippen LogP contribution in [0.5, 0.6) is 0 Å². The minimum absolute atomic E-state index is 0.193. The average Bonchev–Trinajstić information content (AvgIpc) is 2.15. The maximum atomic E-state index is 13.2. The summed E-state index contributed by atoms with van der Waals surface area (Å²) in [5.74, 6) is -2.53. The summed E-state index contributed by atoms with van der Waals surface area (Å²) in [6.45, 7) is 0.